The number of aryl methyl sites for hydroxylation is 1. The second kappa shape index (κ2) is 12.3. The standard InChI is InChI=1S/C20H29N3O2S.2ClH/c1-14(2)10-20(4,13-21)23-18(24)9-16-12-26-19(22-16)11-25-17-7-5-15(3)6-8-17;;/h5-8,12,14H,9-11,13,21H2,1-4H3,(H,23,24);2*1H. The van der Waals surface area contributed by atoms with Gasteiger partial charge in [0.15, 0.2) is 0 Å². The molecule has 1 heterocycles. The average molecular weight is 448 g/mol. The third-order valence-electron chi connectivity index (χ3n) is 4.07. The fourth-order valence-electron chi connectivity index (χ4n) is 2.91. The summed E-state index contributed by atoms with van der Waals surface area (Å²) in [5.41, 5.74) is 7.44. The van der Waals surface area contributed by atoms with Crippen LogP contribution in [-0.2, 0) is 17.8 Å². The summed E-state index contributed by atoms with van der Waals surface area (Å²) in [7, 11) is 0. The average Bonchev–Trinajstić information content (AvgIpc) is 3.00. The van der Waals surface area contributed by atoms with Gasteiger partial charge in [-0.3, -0.25) is 4.79 Å². The highest BCUT2D eigenvalue weighted by molar-refractivity contribution is 7.09. The van der Waals surface area contributed by atoms with Crippen molar-refractivity contribution in [3.05, 3.63) is 45.9 Å². The Morgan fingerprint density at radius 2 is 1.93 bits per heavy atom. The number of ether oxygens (including phenoxy) is 1. The van der Waals surface area contributed by atoms with E-state index in [0.29, 0.717) is 19.1 Å². The predicted octanol–water partition coefficient (Wildman–Crippen LogP) is 4.30. The van der Waals surface area contributed by atoms with E-state index >= 15 is 0 Å². The Kier molecular flexibility index (Phi) is 11.7. The number of aromatic nitrogens is 1. The van der Waals surface area contributed by atoms with Gasteiger partial charge in [0, 0.05) is 17.5 Å². The molecule has 0 fully saturated rings. The topological polar surface area (TPSA) is 77.2 Å². The zero-order valence-electron chi connectivity index (χ0n) is 16.9. The highest BCUT2D eigenvalue weighted by atomic mass is 35.5. The van der Waals surface area contributed by atoms with E-state index in [1.54, 1.807) is 0 Å². The van der Waals surface area contributed by atoms with Gasteiger partial charge < -0.3 is 15.8 Å². The first-order valence-corrected chi connectivity index (χ1v) is 9.81. The molecule has 0 radical (unpaired) electrons. The van der Waals surface area contributed by atoms with Crippen LogP contribution < -0.4 is 15.8 Å². The van der Waals surface area contributed by atoms with E-state index in [1.807, 2.05) is 43.5 Å². The zero-order chi connectivity index (χ0) is 19.2. The number of nitrogens with zero attached hydrogens (tertiary/aromatic N) is 1. The molecule has 0 saturated carbocycles. The van der Waals surface area contributed by atoms with Gasteiger partial charge in [0.2, 0.25) is 5.91 Å². The van der Waals surface area contributed by atoms with E-state index in [1.165, 1.54) is 16.9 Å². The van der Waals surface area contributed by atoms with Crippen LogP contribution in [0.3, 0.4) is 0 Å². The van der Waals surface area contributed by atoms with Crippen LogP contribution in [-0.4, -0.2) is 23.0 Å². The summed E-state index contributed by atoms with van der Waals surface area (Å²) >= 11 is 1.51. The Labute approximate surface area is 184 Å². The second-order valence-electron chi connectivity index (χ2n) is 7.42. The van der Waals surface area contributed by atoms with Crippen LogP contribution >= 0.6 is 36.2 Å². The van der Waals surface area contributed by atoms with Crippen LogP contribution in [0.15, 0.2) is 29.6 Å². The lowest BCUT2D eigenvalue weighted by Gasteiger charge is -2.31. The number of rotatable bonds is 9. The van der Waals surface area contributed by atoms with Crippen molar-refractivity contribution in [2.45, 2.75) is 52.7 Å². The summed E-state index contributed by atoms with van der Waals surface area (Å²) in [6.07, 6.45) is 1.11. The molecule has 1 amide bonds. The molecule has 0 aliphatic rings. The molecule has 1 aromatic carbocycles. The monoisotopic (exact) mass is 447 g/mol. The summed E-state index contributed by atoms with van der Waals surface area (Å²) in [5.74, 6) is 1.24. The Morgan fingerprint density at radius 3 is 2.50 bits per heavy atom. The number of halogens is 2. The van der Waals surface area contributed by atoms with Crippen molar-refractivity contribution in [1.29, 1.82) is 0 Å². The number of benzene rings is 1. The summed E-state index contributed by atoms with van der Waals surface area (Å²) < 4.78 is 5.74. The summed E-state index contributed by atoms with van der Waals surface area (Å²) in [6, 6.07) is 7.91. The lowest BCUT2D eigenvalue weighted by molar-refractivity contribution is -0.122. The Morgan fingerprint density at radius 1 is 1.29 bits per heavy atom. The van der Waals surface area contributed by atoms with Crippen LogP contribution in [0.4, 0.5) is 0 Å². The minimum atomic E-state index is -0.376. The van der Waals surface area contributed by atoms with Gasteiger partial charge in [0.25, 0.3) is 0 Å². The Balaban J connectivity index is 0.00000364. The van der Waals surface area contributed by atoms with Crippen LogP contribution in [0.25, 0.3) is 0 Å². The molecular formula is C20H31Cl2N3O2S. The Hall–Kier alpha value is -1.34. The minimum absolute atomic E-state index is 0. The quantitative estimate of drug-likeness (QED) is 0.600. The van der Waals surface area contributed by atoms with E-state index in [-0.39, 0.29) is 42.7 Å². The number of carbonyl (C=O) groups excluding carboxylic acids is 1. The van der Waals surface area contributed by atoms with E-state index in [0.717, 1.165) is 22.9 Å². The molecule has 5 nitrogen and oxygen atoms in total. The van der Waals surface area contributed by atoms with E-state index in [4.69, 9.17) is 10.5 Å². The number of hydrogen-bond acceptors (Lipinski definition) is 5. The largest absolute Gasteiger partial charge is 0.486 e. The van der Waals surface area contributed by atoms with Crippen LogP contribution in [0.5, 0.6) is 5.75 Å². The molecule has 158 valence electrons. The molecule has 2 aromatic rings. The Bertz CT molecular complexity index is 722. The van der Waals surface area contributed by atoms with Gasteiger partial charge in [-0.2, -0.15) is 0 Å². The molecule has 1 unspecified atom stereocenters. The van der Waals surface area contributed by atoms with Gasteiger partial charge in [-0.05, 0) is 38.3 Å². The van der Waals surface area contributed by atoms with Crippen LogP contribution in [0.2, 0.25) is 0 Å². The van der Waals surface area contributed by atoms with Gasteiger partial charge in [-0.15, -0.1) is 36.2 Å². The molecule has 3 N–H and O–H groups in total. The summed E-state index contributed by atoms with van der Waals surface area (Å²) in [5, 5.41) is 5.84. The van der Waals surface area contributed by atoms with E-state index in [9.17, 15) is 4.79 Å². The molecule has 0 spiro atoms. The van der Waals surface area contributed by atoms with Gasteiger partial charge in [0.1, 0.15) is 17.4 Å². The molecule has 0 saturated heterocycles. The molecule has 28 heavy (non-hydrogen) atoms. The van der Waals surface area contributed by atoms with Crippen molar-refractivity contribution in [1.82, 2.24) is 10.3 Å². The first-order chi connectivity index (χ1) is 12.3. The number of thiazole rings is 1. The van der Waals surface area contributed by atoms with Crippen molar-refractivity contribution >= 4 is 42.1 Å². The molecule has 1 aromatic heterocycles. The number of carbonyl (C=O) groups is 1. The highest BCUT2D eigenvalue weighted by Gasteiger charge is 2.26. The van der Waals surface area contributed by atoms with E-state index in [2.05, 4.69) is 24.1 Å². The van der Waals surface area contributed by atoms with Gasteiger partial charge in [0.05, 0.1) is 12.1 Å². The SMILES string of the molecule is Cc1ccc(OCc2nc(CC(=O)NC(C)(CN)CC(C)C)cs2)cc1.Cl.Cl. The smallest absolute Gasteiger partial charge is 0.226 e. The lowest BCUT2D eigenvalue weighted by Crippen LogP contribution is -2.52. The van der Waals surface area contributed by atoms with Crippen LogP contribution in [0, 0.1) is 12.8 Å². The van der Waals surface area contributed by atoms with Gasteiger partial charge in [-0.1, -0.05) is 31.5 Å². The predicted molar refractivity (Wildman–Crippen MR) is 121 cm³/mol. The maximum atomic E-state index is 12.4. The number of hydrogen-bond donors (Lipinski definition) is 2. The van der Waals surface area contributed by atoms with Crippen molar-refractivity contribution < 1.29 is 9.53 Å². The normalized spacial score (nSPS) is 12.5. The van der Waals surface area contributed by atoms with E-state index < -0.39 is 0 Å². The second-order valence-corrected chi connectivity index (χ2v) is 8.36. The third kappa shape index (κ3) is 8.78. The fraction of sp³-hybridized carbons (Fsp3) is 0.500. The third-order valence-corrected chi connectivity index (χ3v) is 4.95. The number of amides is 1. The molecule has 0 bridgehead atoms. The minimum Gasteiger partial charge on any atom is -0.486 e. The molecule has 1 atom stereocenters. The first-order valence-electron chi connectivity index (χ1n) is 8.93. The van der Waals surface area contributed by atoms with Crippen molar-refractivity contribution in [2.24, 2.45) is 11.7 Å². The highest BCUT2D eigenvalue weighted by Crippen LogP contribution is 2.18. The fourth-order valence-corrected chi connectivity index (χ4v) is 3.61. The van der Waals surface area contributed by atoms with Crippen molar-refractivity contribution in [2.75, 3.05) is 6.54 Å². The molecular weight excluding hydrogens is 417 g/mol. The van der Waals surface area contributed by atoms with Crippen molar-refractivity contribution in [3.8, 4) is 5.75 Å². The van der Waals surface area contributed by atoms with Crippen LogP contribution in [0.1, 0.15) is 43.5 Å². The number of nitrogens with two attached hydrogens (primary N) is 1. The maximum Gasteiger partial charge on any atom is 0.226 e. The van der Waals surface area contributed by atoms with Gasteiger partial charge >= 0.3 is 0 Å². The molecule has 2 rings (SSSR count). The summed E-state index contributed by atoms with van der Waals surface area (Å²) in [6.45, 7) is 9.11. The molecule has 8 heteroatoms. The van der Waals surface area contributed by atoms with Gasteiger partial charge in [-0.25, -0.2) is 4.98 Å². The molecule has 0 aliphatic heterocycles. The summed E-state index contributed by atoms with van der Waals surface area (Å²) in [4.78, 5) is 16.9. The lowest BCUT2D eigenvalue weighted by atomic mass is 9.90. The van der Waals surface area contributed by atoms with Crippen molar-refractivity contribution in [3.63, 3.8) is 0 Å². The first kappa shape index (κ1) is 26.7. The maximum absolute atomic E-state index is 12.4. The number of nitrogens with one attached hydrogen (secondary N) is 1. The molecule has 0 aliphatic carbocycles. The zero-order valence-corrected chi connectivity index (χ0v) is 19.3.